The fraction of sp³-hybridized carbons (Fsp3) is 0.250. The van der Waals surface area contributed by atoms with Crippen LogP contribution in [0.5, 0.6) is 0 Å². The first kappa shape index (κ1) is 14.3. The molecule has 3 rings (SSSR count). The van der Waals surface area contributed by atoms with Gasteiger partial charge in [-0.15, -0.1) is 11.3 Å². The third kappa shape index (κ3) is 2.49. The van der Waals surface area contributed by atoms with Gasteiger partial charge in [-0.3, -0.25) is 9.36 Å². The van der Waals surface area contributed by atoms with Gasteiger partial charge in [-0.1, -0.05) is 30.7 Å². The minimum Gasteiger partial charge on any atom is -0.296 e. The Morgan fingerprint density at radius 1 is 1.29 bits per heavy atom. The Morgan fingerprint density at radius 3 is 2.67 bits per heavy atom. The van der Waals surface area contributed by atoms with Crippen LogP contribution in [-0.2, 0) is 6.54 Å². The van der Waals surface area contributed by atoms with E-state index in [9.17, 15) is 4.79 Å². The maximum absolute atomic E-state index is 12.8. The summed E-state index contributed by atoms with van der Waals surface area (Å²) in [5, 5.41) is 3.40. The van der Waals surface area contributed by atoms with Crippen molar-refractivity contribution >= 4 is 33.2 Å². The van der Waals surface area contributed by atoms with E-state index in [0.29, 0.717) is 17.0 Å². The van der Waals surface area contributed by atoms with Crippen molar-refractivity contribution in [3.05, 3.63) is 50.8 Å². The highest BCUT2D eigenvalue weighted by Gasteiger charge is 2.14. The molecule has 1 aromatic carbocycles. The van der Waals surface area contributed by atoms with Crippen molar-refractivity contribution in [1.29, 1.82) is 0 Å². The Kier molecular flexibility index (Phi) is 3.83. The molecule has 0 bridgehead atoms. The lowest BCUT2D eigenvalue weighted by Gasteiger charge is -2.08. The second-order valence-corrected chi connectivity index (χ2v) is 6.25. The molecule has 0 fully saturated rings. The molecule has 0 atom stereocenters. The van der Waals surface area contributed by atoms with Crippen LogP contribution in [0.25, 0.3) is 21.3 Å². The summed E-state index contributed by atoms with van der Waals surface area (Å²) in [5.41, 5.74) is 1.98. The van der Waals surface area contributed by atoms with E-state index in [0.717, 1.165) is 28.2 Å². The smallest absolute Gasteiger partial charge is 0.262 e. The Morgan fingerprint density at radius 2 is 2.00 bits per heavy atom. The third-order valence-electron chi connectivity index (χ3n) is 3.49. The molecule has 2 heterocycles. The van der Waals surface area contributed by atoms with Crippen LogP contribution in [0.15, 0.2) is 34.4 Å². The average molecular weight is 319 g/mol. The molecule has 0 spiro atoms. The van der Waals surface area contributed by atoms with Crippen molar-refractivity contribution in [2.75, 3.05) is 0 Å². The van der Waals surface area contributed by atoms with E-state index in [1.165, 1.54) is 11.3 Å². The fourth-order valence-corrected chi connectivity index (χ4v) is 3.56. The zero-order valence-electron chi connectivity index (χ0n) is 11.9. The maximum atomic E-state index is 12.8. The average Bonchev–Trinajstić information content (AvgIpc) is 2.88. The highest BCUT2D eigenvalue weighted by Crippen LogP contribution is 2.31. The number of benzene rings is 1. The van der Waals surface area contributed by atoms with Crippen LogP contribution in [0, 0.1) is 6.92 Å². The molecule has 5 heteroatoms. The molecule has 0 saturated heterocycles. The van der Waals surface area contributed by atoms with Crippen LogP contribution >= 0.6 is 22.9 Å². The van der Waals surface area contributed by atoms with Gasteiger partial charge in [0.05, 0.1) is 5.39 Å². The van der Waals surface area contributed by atoms with Crippen molar-refractivity contribution in [3.8, 4) is 11.1 Å². The van der Waals surface area contributed by atoms with E-state index in [2.05, 4.69) is 11.9 Å². The Hall–Kier alpha value is -1.65. The predicted molar refractivity (Wildman–Crippen MR) is 89.4 cm³/mol. The summed E-state index contributed by atoms with van der Waals surface area (Å²) in [7, 11) is 0. The molecule has 0 radical (unpaired) electrons. The molecule has 0 aliphatic heterocycles. The standard InChI is InChI=1S/C16H15ClN2OS/c1-3-8-19-10(2)18-15-14(16(19)20)13(9-21-15)11-4-6-12(17)7-5-11/h4-7,9H,3,8H2,1-2H3. The largest absolute Gasteiger partial charge is 0.296 e. The normalized spacial score (nSPS) is 11.2. The Labute approximate surface area is 131 Å². The minimum atomic E-state index is 0.0468. The summed E-state index contributed by atoms with van der Waals surface area (Å²) in [4.78, 5) is 18.1. The number of aromatic nitrogens is 2. The molecule has 0 aliphatic rings. The molecule has 108 valence electrons. The lowest BCUT2D eigenvalue weighted by Crippen LogP contribution is -2.23. The molecule has 21 heavy (non-hydrogen) atoms. The van der Waals surface area contributed by atoms with Gasteiger partial charge in [0, 0.05) is 22.5 Å². The van der Waals surface area contributed by atoms with Crippen molar-refractivity contribution < 1.29 is 0 Å². The molecule has 0 unspecified atom stereocenters. The van der Waals surface area contributed by atoms with Crippen molar-refractivity contribution in [3.63, 3.8) is 0 Å². The van der Waals surface area contributed by atoms with Crippen LogP contribution < -0.4 is 5.56 Å². The second-order valence-electron chi connectivity index (χ2n) is 4.95. The second kappa shape index (κ2) is 5.62. The first-order chi connectivity index (χ1) is 10.1. The lowest BCUT2D eigenvalue weighted by atomic mass is 10.1. The fourth-order valence-electron chi connectivity index (χ4n) is 2.45. The van der Waals surface area contributed by atoms with Gasteiger partial charge < -0.3 is 0 Å². The molecular weight excluding hydrogens is 304 g/mol. The van der Waals surface area contributed by atoms with Gasteiger partial charge in [-0.25, -0.2) is 4.98 Å². The van der Waals surface area contributed by atoms with Crippen molar-refractivity contribution in [1.82, 2.24) is 9.55 Å². The molecule has 3 nitrogen and oxygen atoms in total. The van der Waals surface area contributed by atoms with Gasteiger partial charge >= 0.3 is 0 Å². The number of halogens is 1. The van der Waals surface area contributed by atoms with E-state index in [1.54, 1.807) is 4.57 Å². The van der Waals surface area contributed by atoms with Gasteiger partial charge in [-0.05, 0) is 31.0 Å². The SMILES string of the molecule is CCCn1c(C)nc2scc(-c3ccc(Cl)cc3)c2c1=O. The van der Waals surface area contributed by atoms with E-state index < -0.39 is 0 Å². The summed E-state index contributed by atoms with van der Waals surface area (Å²) >= 11 is 7.44. The summed E-state index contributed by atoms with van der Waals surface area (Å²) < 4.78 is 1.76. The first-order valence-corrected chi connectivity index (χ1v) is 8.12. The van der Waals surface area contributed by atoms with Crippen molar-refractivity contribution in [2.24, 2.45) is 0 Å². The molecule has 0 saturated carbocycles. The molecule has 0 N–H and O–H groups in total. The van der Waals surface area contributed by atoms with Gasteiger partial charge in [0.2, 0.25) is 0 Å². The number of aryl methyl sites for hydroxylation is 1. The lowest BCUT2D eigenvalue weighted by molar-refractivity contribution is 0.626. The quantitative estimate of drug-likeness (QED) is 0.712. The molecule has 2 aromatic heterocycles. The number of hydrogen-bond acceptors (Lipinski definition) is 3. The van der Waals surface area contributed by atoms with Gasteiger partial charge in [0.1, 0.15) is 10.7 Å². The van der Waals surface area contributed by atoms with Crippen LogP contribution in [0.3, 0.4) is 0 Å². The Balaban J connectivity index is 2.28. The van der Waals surface area contributed by atoms with Gasteiger partial charge in [0.25, 0.3) is 5.56 Å². The predicted octanol–water partition coefficient (Wildman–Crippen LogP) is 4.50. The van der Waals surface area contributed by atoms with Crippen LogP contribution in [0.4, 0.5) is 0 Å². The van der Waals surface area contributed by atoms with Crippen LogP contribution in [0.1, 0.15) is 19.2 Å². The number of hydrogen-bond donors (Lipinski definition) is 0. The van der Waals surface area contributed by atoms with E-state index in [1.807, 2.05) is 36.6 Å². The topological polar surface area (TPSA) is 34.9 Å². The van der Waals surface area contributed by atoms with Crippen LogP contribution in [-0.4, -0.2) is 9.55 Å². The van der Waals surface area contributed by atoms with E-state index in [-0.39, 0.29) is 5.56 Å². The zero-order valence-corrected chi connectivity index (χ0v) is 13.5. The summed E-state index contributed by atoms with van der Waals surface area (Å²) in [6, 6.07) is 7.56. The zero-order chi connectivity index (χ0) is 15.0. The molecule has 0 aliphatic carbocycles. The van der Waals surface area contributed by atoms with Crippen molar-refractivity contribution in [2.45, 2.75) is 26.8 Å². The third-order valence-corrected chi connectivity index (χ3v) is 4.61. The highest BCUT2D eigenvalue weighted by atomic mass is 35.5. The summed E-state index contributed by atoms with van der Waals surface area (Å²) in [6.07, 6.45) is 0.911. The Bertz CT molecular complexity index is 849. The monoisotopic (exact) mass is 318 g/mol. The van der Waals surface area contributed by atoms with E-state index >= 15 is 0 Å². The maximum Gasteiger partial charge on any atom is 0.262 e. The molecule has 0 amide bonds. The number of nitrogens with zero attached hydrogens (tertiary/aromatic N) is 2. The summed E-state index contributed by atoms with van der Waals surface area (Å²) in [6.45, 7) is 4.64. The molecule has 3 aromatic rings. The van der Waals surface area contributed by atoms with Crippen LogP contribution in [0.2, 0.25) is 5.02 Å². The van der Waals surface area contributed by atoms with E-state index in [4.69, 9.17) is 11.6 Å². The van der Waals surface area contributed by atoms with Gasteiger partial charge in [0.15, 0.2) is 0 Å². The number of thiophene rings is 1. The van der Waals surface area contributed by atoms with Gasteiger partial charge in [-0.2, -0.15) is 0 Å². The number of rotatable bonds is 3. The highest BCUT2D eigenvalue weighted by molar-refractivity contribution is 7.17. The summed E-state index contributed by atoms with van der Waals surface area (Å²) in [5.74, 6) is 0.777. The minimum absolute atomic E-state index is 0.0468. The number of fused-ring (bicyclic) bond motifs is 1. The molecular formula is C16H15ClN2OS. The first-order valence-electron chi connectivity index (χ1n) is 6.86.